The third-order valence-electron chi connectivity index (χ3n) is 11.5. The predicted octanol–water partition coefficient (Wildman–Crippen LogP) is 4.95. The monoisotopic (exact) mass is 808 g/mol. The Morgan fingerprint density at radius 3 is 2.71 bits per heavy atom. The number of nitriles is 1. The van der Waals surface area contributed by atoms with E-state index in [1.807, 2.05) is 9.80 Å². The number of rotatable bonds is 9. The van der Waals surface area contributed by atoms with Crippen LogP contribution in [-0.4, -0.2) is 132 Å². The highest BCUT2D eigenvalue weighted by molar-refractivity contribution is 7.91. The van der Waals surface area contributed by atoms with Crippen LogP contribution < -0.4 is 9.64 Å². The molecule has 2 aromatic heterocycles. The van der Waals surface area contributed by atoms with E-state index < -0.39 is 39.2 Å². The van der Waals surface area contributed by atoms with Crippen LogP contribution in [0.3, 0.4) is 0 Å². The van der Waals surface area contributed by atoms with Crippen LogP contribution in [0.4, 0.5) is 19.0 Å². The van der Waals surface area contributed by atoms with E-state index >= 15 is 4.39 Å². The van der Waals surface area contributed by atoms with Gasteiger partial charge in [0, 0.05) is 75.5 Å². The van der Waals surface area contributed by atoms with Crippen LogP contribution in [0, 0.1) is 23.0 Å². The minimum atomic E-state index is -3.02. The number of pyridine rings is 1. The molecule has 4 aliphatic rings. The Balaban J connectivity index is 1.12. The summed E-state index contributed by atoms with van der Waals surface area (Å²) in [5.41, 5.74) is -0.446. The highest BCUT2D eigenvalue weighted by Crippen LogP contribution is 2.42. The van der Waals surface area contributed by atoms with Crippen LogP contribution in [0.1, 0.15) is 25.7 Å². The molecule has 3 atom stereocenters. The average molecular weight is 809 g/mol. The number of halogens is 4. The van der Waals surface area contributed by atoms with E-state index in [0.717, 1.165) is 19.4 Å². The fourth-order valence-electron chi connectivity index (χ4n) is 8.62. The first-order valence-electron chi connectivity index (χ1n) is 18.7. The Morgan fingerprint density at radius 1 is 1.09 bits per heavy atom. The number of amides is 1. The summed E-state index contributed by atoms with van der Waals surface area (Å²) in [5, 5.41) is 10.8. The summed E-state index contributed by atoms with van der Waals surface area (Å²) < 4.78 is 76.1. The zero-order valence-electron chi connectivity index (χ0n) is 30.5. The van der Waals surface area contributed by atoms with Crippen molar-refractivity contribution in [3.8, 4) is 23.3 Å². The molecule has 6 heterocycles. The molecule has 0 unspecified atom stereocenters. The summed E-state index contributed by atoms with van der Waals surface area (Å²) in [5.74, 6) is -1.27. The predicted molar refractivity (Wildman–Crippen MR) is 206 cm³/mol. The second kappa shape index (κ2) is 15.4. The van der Waals surface area contributed by atoms with Crippen LogP contribution in [0.2, 0.25) is 5.02 Å². The van der Waals surface area contributed by atoms with Crippen molar-refractivity contribution in [2.24, 2.45) is 0 Å². The molecule has 294 valence electrons. The number of nitrogens with zero attached hydrogens (tertiary/aromatic N) is 8. The van der Waals surface area contributed by atoms with Crippen molar-refractivity contribution < 1.29 is 31.1 Å². The molecule has 0 spiro atoms. The number of anilines is 1. The SMILES string of the molecule is N#CC[C@H]1CN(c2nc(OC[C@@]34CCCN3C[C@H](F)C4)nc3c(F)c(-c4cccc5ccc(F)c(Cl)c45)ncc23)CCN1C(=O)/C=C/CN1CCS(=O)(=O)CC1. The third kappa shape index (κ3) is 7.37. The maximum absolute atomic E-state index is 16.9. The average Bonchev–Trinajstić information content (AvgIpc) is 3.71. The summed E-state index contributed by atoms with van der Waals surface area (Å²) in [7, 11) is -3.02. The van der Waals surface area contributed by atoms with Gasteiger partial charge in [-0.15, -0.1) is 0 Å². The van der Waals surface area contributed by atoms with Crippen LogP contribution in [-0.2, 0) is 14.6 Å². The van der Waals surface area contributed by atoms with Crippen LogP contribution in [0.15, 0.2) is 48.7 Å². The Morgan fingerprint density at radius 2 is 1.91 bits per heavy atom. The molecule has 0 saturated carbocycles. The van der Waals surface area contributed by atoms with Gasteiger partial charge in [-0.05, 0) is 30.8 Å². The fraction of sp³-hybridized carbons (Fsp3) is 0.462. The number of sulfone groups is 1. The van der Waals surface area contributed by atoms with Gasteiger partial charge in [0.1, 0.15) is 35.6 Å². The molecular weight excluding hydrogens is 769 g/mol. The van der Waals surface area contributed by atoms with Crippen molar-refractivity contribution in [3.05, 3.63) is 65.3 Å². The summed E-state index contributed by atoms with van der Waals surface area (Å²) in [4.78, 5) is 34.8. The molecule has 17 heteroatoms. The van der Waals surface area contributed by atoms with Crippen molar-refractivity contribution in [2.75, 3.05) is 75.4 Å². The minimum absolute atomic E-state index is 0.0182. The number of benzene rings is 2. The van der Waals surface area contributed by atoms with E-state index in [0.29, 0.717) is 49.2 Å². The van der Waals surface area contributed by atoms with E-state index in [4.69, 9.17) is 21.3 Å². The Hall–Kier alpha value is -4.56. The highest BCUT2D eigenvalue weighted by atomic mass is 35.5. The van der Waals surface area contributed by atoms with E-state index in [2.05, 4.69) is 20.9 Å². The second-order valence-electron chi connectivity index (χ2n) is 15.0. The van der Waals surface area contributed by atoms with Crippen LogP contribution in [0.5, 0.6) is 6.01 Å². The Bertz CT molecular complexity index is 2370. The largest absolute Gasteiger partial charge is 0.461 e. The minimum Gasteiger partial charge on any atom is -0.461 e. The maximum atomic E-state index is 16.9. The van der Waals surface area contributed by atoms with E-state index in [9.17, 15) is 27.3 Å². The Labute approximate surface area is 327 Å². The molecule has 2 aromatic carbocycles. The topological polar surface area (TPSA) is 136 Å². The first kappa shape index (κ1) is 38.3. The van der Waals surface area contributed by atoms with Gasteiger partial charge in [-0.3, -0.25) is 19.6 Å². The van der Waals surface area contributed by atoms with E-state index in [-0.39, 0.29) is 83.3 Å². The van der Waals surface area contributed by atoms with Crippen LogP contribution >= 0.6 is 11.6 Å². The van der Waals surface area contributed by atoms with Gasteiger partial charge in [-0.1, -0.05) is 41.9 Å². The number of piperazine rings is 1. The summed E-state index contributed by atoms with van der Waals surface area (Å²) in [6.45, 7) is 3.10. The lowest BCUT2D eigenvalue weighted by Crippen LogP contribution is -2.55. The standard InChI is InChI=1S/C39H40ClF3N8O4S/c40-33-30(42)8-7-25-4-1-5-28(32(25)33)35-34(43)36-29(21-45-35)37(47-38(46-36)55-24-39-10-3-13-50(39)22-26(41)20-39)49-14-15-51(27(23-49)9-11-44)31(52)6-2-12-48-16-18-56(53,54)19-17-48/h1-2,4-8,21,26-27H,3,9-10,12-20,22-24H2/b6-2+/t26-,27+,39+/m1/s1. The lowest BCUT2D eigenvalue weighted by Gasteiger charge is -2.41. The molecule has 0 bridgehead atoms. The Kier molecular flexibility index (Phi) is 10.5. The number of carbonyl (C=O) groups is 1. The first-order chi connectivity index (χ1) is 26.9. The molecule has 0 aliphatic carbocycles. The molecule has 56 heavy (non-hydrogen) atoms. The molecule has 1 amide bonds. The smallest absolute Gasteiger partial charge is 0.319 e. The molecule has 0 radical (unpaired) electrons. The van der Waals surface area contributed by atoms with E-state index in [1.165, 1.54) is 18.3 Å². The molecule has 4 saturated heterocycles. The summed E-state index contributed by atoms with van der Waals surface area (Å²) in [6, 6.07) is 9.38. The molecule has 12 nitrogen and oxygen atoms in total. The molecule has 4 aliphatic heterocycles. The lowest BCUT2D eigenvalue weighted by atomic mass is 9.95. The van der Waals surface area contributed by atoms with Crippen molar-refractivity contribution in [1.82, 2.24) is 29.7 Å². The summed E-state index contributed by atoms with van der Waals surface area (Å²) in [6.07, 6.45) is 5.61. The van der Waals surface area contributed by atoms with Gasteiger partial charge in [-0.25, -0.2) is 21.6 Å². The van der Waals surface area contributed by atoms with Crippen molar-refractivity contribution in [2.45, 2.75) is 43.4 Å². The van der Waals surface area contributed by atoms with E-state index in [1.54, 1.807) is 35.2 Å². The van der Waals surface area contributed by atoms with Crippen molar-refractivity contribution in [3.63, 3.8) is 0 Å². The third-order valence-corrected chi connectivity index (χ3v) is 13.5. The van der Waals surface area contributed by atoms with Gasteiger partial charge in [0.25, 0.3) is 0 Å². The van der Waals surface area contributed by atoms with Gasteiger partial charge < -0.3 is 14.5 Å². The molecular formula is C39H40ClF3N8O4S. The molecule has 0 N–H and O–H groups in total. The number of hydrogen-bond donors (Lipinski definition) is 0. The zero-order chi connectivity index (χ0) is 39.2. The maximum Gasteiger partial charge on any atom is 0.319 e. The number of ether oxygens (including phenoxy) is 1. The van der Waals surface area contributed by atoms with Crippen LogP contribution in [0.25, 0.3) is 32.9 Å². The zero-order valence-corrected chi connectivity index (χ0v) is 32.1. The van der Waals surface area contributed by atoms with Gasteiger partial charge in [0.05, 0.1) is 46.0 Å². The fourth-order valence-corrected chi connectivity index (χ4v) is 10.2. The van der Waals surface area contributed by atoms with Gasteiger partial charge >= 0.3 is 6.01 Å². The first-order valence-corrected chi connectivity index (χ1v) is 20.9. The van der Waals surface area contributed by atoms with Gasteiger partial charge in [-0.2, -0.15) is 15.2 Å². The molecule has 4 aromatic rings. The summed E-state index contributed by atoms with van der Waals surface area (Å²) >= 11 is 6.42. The second-order valence-corrected chi connectivity index (χ2v) is 17.7. The van der Waals surface area contributed by atoms with Crippen molar-refractivity contribution >= 4 is 54.8 Å². The number of fused-ring (bicyclic) bond motifs is 3. The van der Waals surface area contributed by atoms with Gasteiger partial charge in [0.2, 0.25) is 5.91 Å². The normalized spacial score (nSPS) is 24.3. The number of hydrogen-bond acceptors (Lipinski definition) is 11. The highest BCUT2D eigenvalue weighted by Gasteiger charge is 2.49. The number of aromatic nitrogens is 3. The molecule has 4 fully saturated rings. The molecule has 8 rings (SSSR count). The van der Waals surface area contributed by atoms with Gasteiger partial charge in [0.15, 0.2) is 15.7 Å². The lowest BCUT2D eigenvalue weighted by molar-refractivity contribution is -0.128. The quantitative estimate of drug-likeness (QED) is 0.213. The number of alkyl halides is 1. The van der Waals surface area contributed by atoms with Crippen molar-refractivity contribution in [1.29, 1.82) is 5.26 Å². The number of carbonyl (C=O) groups excluding carboxylic acids is 1.